The highest BCUT2D eigenvalue weighted by Gasteiger charge is 2.31. The standard InChI is InChI=1S/C20H19ClN4O5S/c21-16-5-4-15-6-7-23(19(15)12-16)14-20(26)22-8-10-24(11-9-22)31(29,30)18-3-1-2-17(13-18)25(27)28/h1-7,12-13H,8-11,14H2. The number of rotatable bonds is 5. The molecular weight excluding hydrogens is 444 g/mol. The zero-order valence-electron chi connectivity index (χ0n) is 16.3. The molecule has 3 aromatic rings. The molecule has 0 bridgehead atoms. The zero-order chi connectivity index (χ0) is 22.2. The summed E-state index contributed by atoms with van der Waals surface area (Å²) in [7, 11) is -3.88. The molecule has 0 spiro atoms. The number of aromatic nitrogens is 1. The number of nitro benzene ring substituents is 1. The topological polar surface area (TPSA) is 106 Å². The van der Waals surface area contributed by atoms with Crippen molar-refractivity contribution in [1.29, 1.82) is 0 Å². The maximum absolute atomic E-state index is 12.9. The third kappa shape index (κ3) is 4.27. The van der Waals surface area contributed by atoms with Gasteiger partial charge in [-0.25, -0.2) is 8.42 Å². The molecule has 2 aromatic carbocycles. The number of sulfonamides is 1. The van der Waals surface area contributed by atoms with E-state index in [1.807, 2.05) is 22.9 Å². The van der Waals surface area contributed by atoms with Crippen molar-refractivity contribution in [2.24, 2.45) is 0 Å². The van der Waals surface area contributed by atoms with Crippen LogP contribution in [0.15, 0.2) is 59.6 Å². The van der Waals surface area contributed by atoms with E-state index in [0.717, 1.165) is 17.0 Å². The molecule has 31 heavy (non-hydrogen) atoms. The Kier molecular flexibility index (Phi) is 5.69. The summed E-state index contributed by atoms with van der Waals surface area (Å²) in [5.41, 5.74) is 0.571. The van der Waals surface area contributed by atoms with Crippen LogP contribution in [0, 0.1) is 10.1 Å². The number of piperazine rings is 1. The first kappa shape index (κ1) is 21.3. The number of nitrogens with zero attached hydrogens (tertiary/aromatic N) is 4. The molecule has 0 saturated carbocycles. The number of amides is 1. The van der Waals surface area contributed by atoms with E-state index in [9.17, 15) is 23.3 Å². The van der Waals surface area contributed by atoms with Crippen LogP contribution in [0.4, 0.5) is 5.69 Å². The molecule has 1 amide bonds. The molecular formula is C20H19ClN4O5S. The summed E-state index contributed by atoms with van der Waals surface area (Å²) in [6, 6.07) is 12.4. The summed E-state index contributed by atoms with van der Waals surface area (Å²) in [6.07, 6.45) is 1.82. The second kappa shape index (κ2) is 8.29. The van der Waals surface area contributed by atoms with Crippen LogP contribution in [0.25, 0.3) is 10.9 Å². The Labute approximate surface area is 183 Å². The molecule has 0 unspecified atom stereocenters. The fourth-order valence-corrected chi connectivity index (χ4v) is 5.25. The molecule has 1 aromatic heterocycles. The van der Waals surface area contributed by atoms with Gasteiger partial charge in [-0.15, -0.1) is 0 Å². The number of hydrogen-bond donors (Lipinski definition) is 0. The van der Waals surface area contributed by atoms with Gasteiger partial charge in [0.25, 0.3) is 5.69 Å². The highest BCUT2D eigenvalue weighted by molar-refractivity contribution is 7.89. The van der Waals surface area contributed by atoms with Gasteiger partial charge in [-0.05, 0) is 29.7 Å². The summed E-state index contributed by atoms with van der Waals surface area (Å²) >= 11 is 6.06. The van der Waals surface area contributed by atoms with Crippen molar-refractivity contribution in [1.82, 2.24) is 13.8 Å². The molecule has 0 N–H and O–H groups in total. The first-order valence-electron chi connectivity index (χ1n) is 9.52. The van der Waals surface area contributed by atoms with E-state index < -0.39 is 14.9 Å². The lowest BCUT2D eigenvalue weighted by molar-refractivity contribution is -0.385. The Balaban J connectivity index is 1.43. The van der Waals surface area contributed by atoms with E-state index in [-0.39, 0.29) is 49.2 Å². The van der Waals surface area contributed by atoms with Gasteiger partial charge in [0.05, 0.1) is 9.82 Å². The second-order valence-corrected chi connectivity index (χ2v) is 9.56. The van der Waals surface area contributed by atoms with E-state index >= 15 is 0 Å². The highest BCUT2D eigenvalue weighted by atomic mass is 35.5. The fourth-order valence-electron chi connectivity index (χ4n) is 3.63. The van der Waals surface area contributed by atoms with Crippen LogP contribution in [0.1, 0.15) is 0 Å². The van der Waals surface area contributed by atoms with Gasteiger partial charge in [-0.2, -0.15) is 4.31 Å². The van der Waals surface area contributed by atoms with E-state index in [1.165, 1.54) is 22.5 Å². The monoisotopic (exact) mass is 462 g/mol. The van der Waals surface area contributed by atoms with E-state index in [0.29, 0.717) is 5.02 Å². The van der Waals surface area contributed by atoms with Crippen LogP contribution in [-0.4, -0.2) is 59.2 Å². The second-order valence-electron chi connectivity index (χ2n) is 7.19. The van der Waals surface area contributed by atoms with Crippen LogP contribution in [0.3, 0.4) is 0 Å². The van der Waals surface area contributed by atoms with Crippen molar-refractivity contribution in [3.05, 3.63) is 69.9 Å². The van der Waals surface area contributed by atoms with Gasteiger partial charge in [-0.3, -0.25) is 14.9 Å². The average molecular weight is 463 g/mol. The van der Waals surface area contributed by atoms with E-state index in [4.69, 9.17) is 11.6 Å². The molecule has 11 heteroatoms. The van der Waals surface area contributed by atoms with Crippen LogP contribution >= 0.6 is 11.6 Å². The molecule has 1 aliphatic rings. The Morgan fingerprint density at radius 1 is 1.06 bits per heavy atom. The molecule has 1 aliphatic heterocycles. The van der Waals surface area contributed by atoms with E-state index in [2.05, 4.69) is 0 Å². The molecule has 162 valence electrons. The highest BCUT2D eigenvalue weighted by Crippen LogP contribution is 2.23. The van der Waals surface area contributed by atoms with Crippen LogP contribution < -0.4 is 0 Å². The minimum atomic E-state index is -3.88. The van der Waals surface area contributed by atoms with Crippen LogP contribution in [0.5, 0.6) is 0 Å². The number of fused-ring (bicyclic) bond motifs is 1. The van der Waals surface area contributed by atoms with Crippen LogP contribution in [-0.2, 0) is 21.4 Å². The number of non-ortho nitro benzene ring substituents is 1. The molecule has 1 fully saturated rings. The van der Waals surface area contributed by atoms with Crippen molar-refractivity contribution >= 4 is 44.1 Å². The molecule has 1 saturated heterocycles. The summed E-state index contributed by atoms with van der Waals surface area (Å²) in [4.78, 5) is 24.6. The zero-order valence-corrected chi connectivity index (χ0v) is 17.9. The predicted octanol–water partition coefficient (Wildman–Crippen LogP) is 2.74. The van der Waals surface area contributed by atoms with Crippen molar-refractivity contribution < 1.29 is 18.1 Å². The minimum Gasteiger partial charge on any atom is -0.339 e. The number of benzene rings is 2. The molecule has 0 atom stereocenters. The lowest BCUT2D eigenvalue weighted by atomic mass is 10.2. The molecule has 9 nitrogen and oxygen atoms in total. The largest absolute Gasteiger partial charge is 0.339 e. The summed E-state index contributed by atoms with van der Waals surface area (Å²) in [6.45, 7) is 0.853. The van der Waals surface area contributed by atoms with Gasteiger partial charge in [0.1, 0.15) is 6.54 Å². The number of carbonyl (C=O) groups excluding carboxylic acids is 1. The van der Waals surface area contributed by atoms with Gasteiger partial charge < -0.3 is 9.47 Å². The maximum Gasteiger partial charge on any atom is 0.270 e. The smallest absolute Gasteiger partial charge is 0.270 e. The van der Waals surface area contributed by atoms with Crippen LogP contribution in [0.2, 0.25) is 5.02 Å². The lowest BCUT2D eigenvalue weighted by Gasteiger charge is -2.34. The Bertz CT molecular complexity index is 1270. The van der Waals surface area contributed by atoms with E-state index in [1.54, 1.807) is 17.0 Å². The van der Waals surface area contributed by atoms with Crippen molar-refractivity contribution in [2.75, 3.05) is 26.2 Å². The Morgan fingerprint density at radius 3 is 2.52 bits per heavy atom. The third-order valence-electron chi connectivity index (χ3n) is 5.30. The quantitative estimate of drug-likeness (QED) is 0.428. The predicted molar refractivity (Wildman–Crippen MR) is 115 cm³/mol. The summed E-state index contributed by atoms with van der Waals surface area (Å²) in [5.74, 6) is -0.120. The Morgan fingerprint density at radius 2 is 1.81 bits per heavy atom. The number of halogens is 1. The van der Waals surface area contributed by atoms with Crippen molar-refractivity contribution in [3.63, 3.8) is 0 Å². The molecule has 4 rings (SSSR count). The first-order chi connectivity index (χ1) is 14.8. The minimum absolute atomic E-state index is 0.120. The summed E-state index contributed by atoms with van der Waals surface area (Å²) < 4.78 is 28.8. The lowest BCUT2D eigenvalue weighted by Crippen LogP contribution is -2.51. The molecule has 2 heterocycles. The SMILES string of the molecule is O=C(Cn1ccc2ccc(Cl)cc21)N1CCN(S(=O)(=O)c2cccc([N+](=O)[O-])c2)CC1. The van der Waals surface area contributed by atoms with Gasteiger partial charge in [-0.1, -0.05) is 23.7 Å². The maximum atomic E-state index is 12.9. The number of carbonyl (C=O) groups is 1. The normalized spacial score (nSPS) is 15.3. The van der Waals surface area contributed by atoms with Crippen molar-refractivity contribution in [3.8, 4) is 0 Å². The van der Waals surface area contributed by atoms with Crippen molar-refractivity contribution in [2.45, 2.75) is 11.4 Å². The molecule has 0 aliphatic carbocycles. The summed E-state index contributed by atoms with van der Waals surface area (Å²) in [5, 5.41) is 12.5. The van der Waals surface area contributed by atoms with Gasteiger partial charge in [0.15, 0.2) is 0 Å². The fraction of sp³-hybridized carbons (Fsp3) is 0.250. The first-order valence-corrected chi connectivity index (χ1v) is 11.3. The average Bonchev–Trinajstić information content (AvgIpc) is 3.15. The van der Waals surface area contributed by atoms with Gasteiger partial charge in [0.2, 0.25) is 15.9 Å². The molecule has 0 radical (unpaired) electrons. The van der Waals surface area contributed by atoms with Gasteiger partial charge in [0, 0.05) is 55.0 Å². The number of nitro groups is 1. The van der Waals surface area contributed by atoms with Gasteiger partial charge >= 0.3 is 0 Å². The number of hydrogen-bond acceptors (Lipinski definition) is 5. The third-order valence-corrected chi connectivity index (χ3v) is 7.43. The Hall–Kier alpha value is -2.95.